The molecule has 4 nitrogen and oxygen atoms in total. The number of amides is 1. The number of nitrogen functional groups attached to an aromatic ring is 1. The van der Waals surface area contributed by atoms with E-state index in [1.54, 1.807) is 18.2 Å². The lowest BCUT2D eigenvalue weighted by atomic mass is 10.1. The van der Waals surface area contributed by atoms with Crippen molar-refractivity contribution in [2.24, 2.45) is 0 Å². The first-order chi connectivity index (χ1) is 10.1. The molecule has 110 valence electrons. The van der Waals surface area contributed by atoms with Gasteiger partial charge >= 0.3 is 0 Å². The van der Waals surface area contributed by atoms with E-state index in [2.05, 4.69) is 5.32 Å². The molecule has 0 atom stereocenters. The summed E-state index contributed by atoms with van der Waals surface area (Å²) in [6, 6.07) is 12.6. The molecule has 21 heavy (non-hydrogen) atoms. The first kappa shape index (κ1) is 15.2. The highest BCUT2D eigenvalue weighted by Gasteiger charge is 2.08. The van der Waals surface area contributed by atoms with Gasteiger partial charge in [0, 0.05) is 5.02 Å². The zero-order valence-corrected chi connectivity index (χ0v) is 12.5. The molecule has 0 radical (unpaired) electrons. The summed E-state index contributed by atoms with van der Waals surface area (Å²) in [5.41, 5.74) is 7.78. The molecule has 0 aliphatic heterocycles. The minimum Gasteiger partial charge on any atom is -0.483 e. The van der Waals surface area contributed by atoms with Crippen LogP contribution in [-0.2, 0) is 11.2 Å². The van der Waals surface area contributed by atoms with Gasteiger partial charge in [0.25, 0.3) is 5.91 Å². The Kier molecular flexibility index (Phi) is 5.06. The number of halogens is 1. The molecule has 0 unspecified atom stereocenters. The average molecular weight is 305 g/mol. The van der Waals surface area contributed by atoms with Crippen LogP contribution in [0.5, 0.6) is 5.75 Å². The Hall–Kier alpha value is -2.20. The molecule has 0 aromatic heterocycles. The fraction of sp³-hybridized carbons (Fsp3) is 0.188. The van der Waals surface area contributed by atoms with Crippen LogP contribution in [-0.4, -0.2) is 12.5 Å². The van der Waals surface area contributed by atoms with Crippen molar-refractivity contribution in [1.29, 1.82) is 0 Å². The van der Waals surface area contributed by atoms with Crippen molar-refractivity contribution >= 4 is 28.9 Å². The molecule has 0 aliphatic carbocycles. The lowest BCUT2D eigenvalue weighted by Gasteiger charge is -2.11. The minimum absolute atomic E-state index is 0.0804. The van der Waals surface area contributed by atoms with Crippen LogP contribution in [0.25, 0.3) is 0 Å². The number of carbonyl (C=O) groups is 1. The molecule has 5 heteroatoms. The normalized spacial score (nSPS) is 10.2. The maximum absolute atomic E-state index is 11.9. The van der Waals surface area contributed by atoms with Crippen LogP contribution in [0.4, 0.5) is 11.4 Å². The lowest BCUT2D eigenvalue weighted by Crippen LogP contribution is -2.21. The molecule has 2 aromatic rings. The van der Waals surface area contributed by atoms with Crippen molar-refractivity contribution in [1.82, 2.24) is 0 Å². The Bertz CT molecular complexity index is 644. The van der Waals surface area contributed by atoms with E-state index in [0.29, 0.717) is 22.1 Å². The third-order valence-electron chi connectivity index (χ3n) is 3.00. The van der Waals surface area contributed by atoms with E-state index >= 15 is 0 Å². The molecule has 0 saturated carbocycles. The number of aryl methyl sites for hydroxylation is 1. The maximum Gasteiger partial charge on any atom is 0.262 e. The Balaban J connectivity index is 1.97. The second-order valence-electron chi connectivity index (χ2n) is 4.53. The lowest BCUT2D eigenvalue weighted by molar-refractivity contribution is -0.118. The number of benzene rings is 2. The quantitative estimate of drug-likeness (QED) is 0.831. The predicted molar refractivity (Wildman–Crippen MR) is 85.8 cm³/mol. The summed E-state index contributed by atoms with van der Waals surface area (Å²) in [6.07, 6.45) is 0.846. The van der Waals surface area contributed by atoms with Crippen molar-refractivity contribution in [3.05, 3.63) is 53.1 Å². The van der Waals surface area contributed by atoms with Crippen molar-refractivity contribution in [2.45, 2.75) is 13.3 Å². The number of hydrogen-bond acceptors (Lipinski definition) is 3. The summed E-state index contributed by atoms with van der Waals surface area (Å²) in [5.74, 6) is 0.434. The van der Waals surface area contributed by atoms with Gasteiger partial charge in [-0.15, -0.1) is 0 Å². The molecule has 2 rings (SSSR count). The molecule has 0 aliphatic rings. The Morgan fingerprint density at radius 2 is 2.05 bits per heavy atom. The van der Waals surface area contributed by atoms with Crippen LogP contribution in [0, 0.1) is 0 Å². The number of para-hydroxylation sites is 1. The van der Waals surface area contributed by atoms with Crippen LogP contribution in [0.15, 0.2) is 42.5 Å². The molecule has 0 saturated heterocycles. The zero-order valence-electron chi connectivity index (χ0n) is 11.7. The van der Waals surface area contributed by atoms with Gasteiger partial charge in [-0.25, -0.2) is 0 Å². The van der Waals surface area contributed by atoms with Crippen molar-refractivity contribution in [3.63, 3.8) is 0 Å². The zero-order chi connectivity index (χ0) is 15.2. The number of nitrogens with one attached hydrogen (secondary N) is 1. The summed E-state index contributed by atoms with van der Waals surface area (Å²) >= 11 is 5.87. The summed E-state index contributed by atoms with van der Waals surface area (Å²) in [5, 5.41) is 3.20. The van der Waals surface area contributed by atoms with Crippen LogP contribution < -0.4 is 15.8 Å². The topological polar surface area (TPSA) is 64.3 Å². The smallest absolute Gasteiger partial charge is 0.262 e. The van der Waals surface area contributed by atoms with Gasteiger partial charge in [-0.3, -0.25) is 4.79 Å². The predicted octanol–water partition coefficient (Wildman–Crippen LogP) is 3.50. The first-order valence-corrected chi connectivity index (χ1v) is 7.03. The van der Waals surface area contributed by atoms with E-state index in [0.717, 1.165) is 12.0 Å². The van der Waals surface area contributed by atoms with Crippen molar-refractivity contribution in [2.75, 3.05) is 17.7 Å². The summed E-state index contributed by atoms with van der Waals surface area (Å²) < 4.78 is 5.55. The van der Waals surface area contributed by atoms with E-state index in [1.807, 2.05) is 31.2 Å². The van der Waals surface area contributed by atoms with Crippen molar-refractivity contribution < 1.29 is 9.53 Å². The monoisotopic (exact) mass is 304 g/mol. The van der Waals surface area contributed by atoms with Crippen molar-refractivity contribution in [3.8, 4) is 5.75 Å². The average Bonchev–Trinajstić information content (AvgIpc) is 2.49. The summed E-state index contributed by atoms with van der Waals surface area (Å²) in [6.45, 7) is 1.96. The molecule has 2 aromatic carbocycles. The van der Waals surface area contributed by atoms with Crippen LogP contribution in [0.3, 0.4) is 0 Å². The second-order valence-corrected chi connectivity index (χ2v) is 4.97. The Morgan fingerprint density at radius 3 is 2.81 bits per heavy atom. The molecule has 1 amide bonds. The van der Waals surface area contributed by atoms with E-state index in [4.69, 9.17) is 22.1 Å². The van der Waals surface area contributed by atoms with E-state index in [1.165, 1.54) is 0 Å². The third kappa shape index (κ3) is 4.13. The van der Waals surface area contributed by atoms with Gasteiger partial charge < -0.3 is 15.8 Å². The maximum atomic E-state index is 11.9. The minimum atomic E-state index is -0.283. The second kappa shape index (κ2) is 6.99. The SMILES string of the molecule is CCc1ccccc1OCC(=O)Nc1cc(Cl)ccc1N. The van der Waals surface area contributed by atoms with Gasteiger partial charge in [-0.05, 0) is 36.2 Å². The Morgan fingerprint density at radius 1 is 1.29 bits per heavy atom. The molecule has 0 bridgehead atoms. The fourth-order valence-electron chi connectivity index (χ4n) is 1.90. The number of rotatable bonds is 5. The highest BCUT2D eigenvalue weighted by atomic mass is 35.5. The third-order valence-corrected chi connectivity index (χ3v) is 3.24. The largest absolute Gasteiger partial charge is 0.483 e. The number of carbonyl (C=O) groups excluding carboxylic acids is 1. The number of ether oxygens (including phenoxy) is 1. The van der Waals surface area contributed by atoms with E-state index < -0.39 is 0 Å². The highest BCUT2D eigenvalue weighted by Crippen LogP contribution is 2.23. The number of anilines is 2. The van der Waals surface area contributed by atoms with Crippen LogP contribution in [0.2, 0.25) is 5.02 Å². The van der Waals surface area contributed by atoms with Crippen LogP contribution in [0.1, 0.15) is 12.5 Å². The van der Waals surface area contributed by atoms with E-state index in [9.17, 15) is 4.79 Å². The highest BCUT2D eigenvalue weighted by molar-refractivity contribution is 6.31. The standard InChI is InChI=1S/C16H17ClN2O2/c1-2-11-5-3-4-6-15(11)21-10-16(20)19-14-9-12(17)7-8-13(14)18/h3-9H,2,10,18H2,1H3,(H,19,20). The Labute approximate surface area is 128 Å². The fourth-order valence-corrected chi connectivity index (χ4v) is 2.08. The number of hydrogen-bond donors (Lipinski definition) is 2. The molecule has 0 heterocycles. The van der Waals surface area contributed by atoms with Gasteiger partial charge in [0.1, 0.15) is 5.75 Å². The molecular formula is C16H17ClN2O2. The number of nitrogens with two attached hydrogens (primary N) is 1. The van der Waals surface area contributed by atoms with Crippen LogP contribution >= 0.6 is 11.6 Å². The molecule has 3 N–H and O–H groups in total. The van der Waals surface area contributed by atoms with Gasteiger partial charge in [-0.1, -0.05) is 36.7 Å². The van der Waals surface area contributed by atoms with Gasteiger partial charge in [-0.2, -0.15) is 0 Å². The van der Waals surface area contributed by atoms with Gasteiger partial charge in [0.2, 0.25) is 0 Å². The summed E-state index contributed by atoms with van der Waals surface area (Å²) in [4.78, 5) is 11.9. The molecule has 0 spiro atoms. The van der Waals surface area contributed by atoms with Gasteiger partial charge in [0.05, 0.1) is 11.4 Å². The van der Waals surface area contributed by atoms with Gasteiger partial charge in [0.15, 0.2) is 6.61 Å². The summed E-state index contributed by atoms with van der Waals surface area (Å²) in [7, 11) is 0. The molecular weight excluding hydrogens is 288 g/mol. The molecule has 0 fully saturated rings. The van der Waals surface area contributed by atoms with E-state index in [-0.39, 0.29) is 12.5 Å². The first-order valence-electron chi connectivity index (χ1n) is 6.65.